The molecule has 2 aromatic rings. The van der Waals surface area contributed by atoms with Crippen molar-refractivity contribution in [1.29, 1.82) is 0 Å². The first-order chi connectivity index (χ1) is 13.9. The van der Waals surface area contributed by atoms with Gasteiger partial charge in [-0.3, -0.25) is 14.2 Å². The van der Waals surface area contributed by atoms with Crippen molar-refractivity contribution in [3.63, 3.8) is 0 Å². The highest BCUT2D eigenvalue weighted by atomic mass is 32.1. The summed E-state index contributed by atoms with van der Waals surface area (Å²) >= 11 is 1.63. The lowest BCUT2D eigenvalue weighted by Crippen LogP contribution is -2.32. The molecule has 3 rings (SSSR count). The first-order valence-corrected chi connectivity index (χ1v) is 11.1. The van der Waals surface area contributed by atoms with Gasteiger partial charge >= 0.3 is 5.97 Å². The number of aryl methyl sites for hydroxylation is 1. The number of carbonyl (C=O) groups is 1. The SMILES string of the molecule is CCCOCCOC(=O)Cn1c(CN(C)C)nc2sc3c(c2c1=O)CCC(C)C3. The van der Waals surface area contributed by atoms with Crippen LogP contribution in [0.2, 0.25) is 0 Å². The van der Waals surface area contributed by atoms with Gasteiger partial charge in [0.15, 0.2) is 0 Å². The Morgan fingerprint density at radius 2 is 2.10 bits per heavy atom. The predicted octanol–water partition coefficient (Wildman–Crippen LogP) is 2.61. The molecule has 0 aromatic carbocycles. The van der Waals surface area contributed by atoms with Gasteiger partial charge in [0.1, 0.15) is 23.8 Å². The number of esters is 1. The van der Waals surface area contributed by atoms with Crippen LogP contribution in [0.4, 0.5) is 0 Å². The van der Waals surface area contributed by atoms with Crippen molar-refractivity contribution in [2.45, 2.75) is 52.6 Å². The third-order valence-corrected chi connectivity index (χ3v) is 6.23. The average Bonchev–Trinajstić information content (AvgIpc) is 3.01. The smallest absolute Gasteiger partial charge is 0.326 e. The summed E-state index contributed by atoms with van der Waals surface area (Å²) in [4.78, 5) is 34.5. The van der Waals surface area contributed by atoms with Crippen LogP contribution in [0, 0.1) is 5.92 Å². The molecule has 8 heteroatoms. The molecule has 0 spiro atoms. The van der Waals surface area contributed by atoms with E-state index in [4.69, 9.17) is 14.5 Å². The van der Waals surface area contributed by atoms with Crippen LogP contribution in [0.25, 0.3) is 10.2 Å². The van der Waals surface area contributed by atoms with Crippen LogP contribution in [0.5, 0.6) is 0 Å². The van der Waals surface area contributed by atoms with E-state index in [0.29, 0.717) is 36.9 Å². The summed E-state index contributed by atoms with van der Waals surface area (Å²) in [6, 6.07) is 0. The number of ether oxygens (including phenoxy) is 2. The Morgan fingerprint density at radius 1 is 1.31 bits per heavy atom. The molecule has 0 saturated heterocycles. The fourth-order valence-corrected chi connectivity index (χ4v) is 5.06. The monoisotopic (exact) mass is 421 g/mol. The lowest BCUT2D eigenvalue weighted by atomic mass is 9.89. The molecule has 1 aliphatic rings. The van der Waals surface area contributed by atoms with Gasteiger partial charge in [-0.25, -0.2) is 4.98 Å². The van der Waals surface area contributed by atoms with Crippen LogP contribution in [0.3, 0.4) is 0 Å². The highest BCUT2D eigenvalue weighted by Gasteiger charge is 2.25. The molecule has 0 bridgehead atoms. The third kappa shape index (κ3) is 5.24. The summed E-state index contributed by atoms with van der Waals surface area (Å²) in [6.45, 7) is 5.84. The molecular weight excluding hydrogens is 390 g/mol. The van der Waals surface area contributed by atoms with E-state index in [0.717, 1.165) is 36.1 Å². The van der Waals surface area contributed by atoms with Crippen LogP contribution >= 0.6 is 11.3 Å². The fraction of sp³-hybridized carbons (Fsp3) is 0.667. The average molecular weight is 422 g/mol. The van der Waals surface area contributed by atoms with E-state index in [2.05, 4.69) is 6.92 Å². The molecule has 2 aromatic heterocycles. The fourth-order valence-electron chi connectivity index (χ4n) is 3.67. The summed E-state index contributed by atoms with van der Waals surface area (Å²) < 4.78 is 12.1. The number of aromatic nitrogens is 2. The van der Waals surface area contributed by atoms with Crippen LogP contribution in [0.1, 0.15) is 43.0 Å². The maximum absolute atomic E-state index is 13.4. The normalized spacial score (nSPS) is 16.4. The molecule has 1 unspecified atom stereocenters. The summed E-state index contributed by atoms with van der Waals surface area (Å²) in [6.07, 6.45) is 3.91. The minimum Gasteiger partial charge on any atom is -0.462 e. The van der Waals surface area contributed by atoms with Gasteiger partial charge in [-0.1, -0.05) is 13.8 Å². The standard InChI is InChI=1S/C21H31N3O4S/c1-5-8-27-9-10-28-18(25)13-24-17(12-23(3)4)22-20-19(21(24)26)15-7-6-14(2)11-16(15)29-20/h14H,5-13H2,1-4H3. The molecule has 0 amide bonds. The molecule has 0 radical (unpaired) electrons. The Bertz CT molecular complexity index is 919. The second-order valence-corrected chi connectivity index (χ2v) is 9.11. The molecule has 1 atom stereocenters. The van der Waals surface area contributed by atoms with Crippen LogP contribution < -0.4 is 5.56 Å². The summed E-state index contributed by atoms with van der Waals surface area (Å²) in [5, 5.41) is 0.693. The second kappa shape index (κ2) is 9.82. The number of nitrogens with zero attached hydrogens (tertiary/aromatic N) is 3. The maximum Gasteiger partial charge on any atom is 0.326 e. The summed E-state index contributed by atoms with van der Waals surface area (Å²) in [7, 11) is 3.84. The van der Waals surface area contributed by atoms with Gasteiger partial charge in [0.05, 0.1) is 18.5 Å². The van der Waals surface area contributed by atoms with Crippen molar-refractivity contribution in [2.75, 3.05) is 33.9 Å². The van der Waals surface area contributed by atoms with Crippen LogP contribution in [-0.2, 0) is 40.2 Å². The molecule has 0 aliphatic heterocycles. The van der Waals surface area contributed by atoms with Gasteiger partial charge in [-0.15, -0.1) is 11.3 Å². The van der Waals surface area contributed by atoms with Crippen molar-refractivity contribution >= 4 is 27.5 Å². The largest absolute Gasteiger partial charge is 0.462 e. The van der Waals surface area contributed by atoms with Gasteiger partial charge in [-0.05, 0) is 51.3 Å². The van der Waals surface area contributed by atoms with E-state index in [1.165, 1.54) is 9.44 Å². The molecule has 160 valence electrons. The van der Waals surface area contributed by atoms with Crippen molar-refractivity contribution in [2.24, 2.45) is 5.92 Å². The van der Waals surface area contributed by atoms with E-state index >= 15 is 0 Å². The Balaban J connectivity index is 1.88. The second-order valence-electron chi connectivity index (χ2n) is 8.02. The van der Waals surface area contributed by atoms with Gasteiger partial charge in [-0.2, -0.15) is 0 Å². The number of rotatable bonds is 9. The van der Waals surface area contributed by atoms with Gasteiger partial charge in [0.25, 0.3) is 5.56 Å². The number of hydrogen-bond acceptors (Lipinski definition) is 7. The highest BCUT2D eigenvalue weighted by molar-refractivity contribution is 7.18. The van der Waals surface area contributed by atoms with E-state index in [-0.39, 0.29) is 18.7 Å². The number of thiophene rings is 1. The Kier molecular flexibility index (Phi) is 7.43. The van der Waals surface area contributed by atoms with Crippen molar-refractivity contribution in [3.05, 3.63) is 26.6 Å². The first-order valence-electron chi connectivity index (χ1n) is 10.3. The molecule has 2 heterocycles. The maximum atomic E-state index is 13.4. The van der Waals surface area contributed by atoms with Crippen LogP contribution in [-0.4, -0.2) is 54.3 Å². The third-order valence-electron chi connectivity index (χ3n) is 5.08. The minimum atomic E-state index is -0.439. The predicted molar refractivity (Wildman–Crippen MR) is 115 cm³/mol. The first kappa shape index (κ1) is 21.9. The quantitative estimate of drug-likeness (QED) is 0.458. The highest BCUT2D eigenvalue weighted by Crippen LogP contribution is 2.35. The van der Waals surface area contributed by atoms with Gasteiger partial charge < -0.3 is 14.4 Å². The van der Waals surface area contributed by atoms with Crippen molar-refractivity contribution in [3.8, 4) is 0 Å². The molecule has 0 N–H and O–H groups in total. The topological polar surface area (TPSA) is 73.7 Å². The van der Waals surface area contributed by atoms with E-state index in [1.807, 2.05) is 25.9 Å². The molecule has 29 heavy (non-hydrogen) atoms. The molecular formula is C21H31N3O4S. The zero-order valence-corrected chi connectivity index (χ0v) is 18.6. The zero-order valence-electron chi connectivity index (χ0n) is 17.8. The Hall–Kier alpha value is -1.77. The molecule has 1 aliphatic carbocycles. The van der Waals surface area contributed by atoms with Gasteiger partial charge in [0, 0.05) is 11.5 Å². The number of fused-ring (bicyclic) bond motifs is 3. The lowest BCUT2D eigenvalue weighted by Gasteiger charge is -2.18. The number of carbonyl (C=O) groups excluding carboxylic acids is 1. The van der Waals surface area contributed by atoms with Crippen LogP contribution in [0.15, 0.2) is 4.79 Å². The Morgan fingerprint density at radius 3 is 2.83 bits per heavy atom. The van der Waals surface area contributed by atoms with Crippen molar-refractivity contribution < 1.29 is 14.3 Å². The van der Waals surface area contributed by atoms with Crippen molar-refractivity contribution in [1.82, 2.24) is 14.5 Å². The molecule has 7 nitrogen and oxygen atoms in total. The van der Waals surface area contributed by atoms with E-state index in [9.17, 15) is 9.59 Å². The molecule has 0 saturated carbocycles. The lowest BCUT2D eigenvalue weighted by molar-refractivity contribution is -0.146. The van der Waals surface area contributed by atoms with E-state index < -0.39 is 5.97 Å². The summed E-state index contributed by atoms with van der Waals surface area (Å²) in [5.41, 5.74) is 1.00. The number of hydrogen-bond donors (Lipinski definition) is 0. The van der Waals surface area contributed by atoms with E-state index in [1.54, 1.807) is 11.3 Å². The minimum absolute atomic E-state index is 0.125. The van der Waals surface area contributed by atoms with Gasteiger partial charge in [0.2, 0.25) is 0 Å². The molecule has 0 fully saturated rings. The summed E-state index contributed by atoms with van der Waals surface area (Å²) in [5.74, 6) is 0.786. The zero-order chi connectivity index (χ0) is 21.0. The Labute approximate surface area is 175 Å².